The molecule has 204 valence electrons. The van der Waals surface area contributed by atoms with Crippen molar-refractivity contribution in [1.29, 1.82) is 0 Å². The molecule has 0 radical (unpaired) electrons. The van der Waals surface area contributed by atoms with Gasteiger partial charge in [-0.2, -0.15) is 0 Å². The Balaban J connectivity index is 1.43. The summed E-state index contributed by atoms with van der Waals surface area (Å²) in [5, 5.41) is 10.2. The van der Waals surface area contributed by atoms with Crippen LogP contribution in [0.15, 0.2) is 155 Å². The molecule has 0 amide bonds. The van der Waals surface area contributed by atoms with Crippen LogP contribution in [0.5, 0.6) is 0 Å². The Kier molecular flexibility index (Phi) is 6.11. The lowest BCUT2D eigenvalue weighted by atomic mass is 9.20. The highest BCUT2D eigenvalue weighted by Gasteiger charge is 2.40. The van der Waals surface area contributed by atoms with Crippen LogP contribution in [0.3, 0.4) is 0 Å². The third kappa shape index (κ3) is 3.71. The van der Waals surface area contributed by atoms with Gasteiger partial charge in [-0.15, -0.1) is 0 Å². The van der Waals surface area contributed by atoms with E-state index < -0.39 is 0 Å². The fourth-order valence-corrected chi connectivity index (χ4v) is 9.25. The van der Waals surface area contributed by atoms with Crippen LogP contribution >= 0.6 is 31.9 Å². The van der Waals surface area contributed by atoms with E-state index in [1.54, 1.807) is 0 Å². The second-order valence-corrected chi connectivity index (χ2v) is 13.3. The Bertz CT molecular complexity index is 2120. The summed E-state index contributed by atoms with van der Waals surface area (Å²) in [5.74, 6) is 0. The minimum Gasteiger partial charge on any atom is -0.0733 e. The second-order valence-electron chi connectivity index (χ2n) is 11.8. The maximum Gasteiger partial charge on any atom is 0.241 e. The van der Waals surface area contributed by atoms with Crippen LogP contribution < -0.4 is 32.8 Å². The number of fused-ring (bicyclic) bond motifs is 6. The van der Waals surface area contributed by atoms with Crippen LogP contribution in [0.4, 0.5) is 0 Å². The average Bonchev–Trinajstić information content (AvgIpc) is 3.09. The molecule has 0 fully saturated rings. The lowest BCUT2D eigenvalue weighted by Gasteiger charge is -2.34. The molecule has 1 aliphatic rings. The first-order chi connectivity index (χ1) is 21.7. The first kappa shape index (κ1) is 26.3. The number of benzene rings is 8. The van der Waals surface area contributed by atoms with Crippen LogP contribution in [-0.2, 0) is 0 Å². The van der Waals surface area contributed by atoms with E-state index in [1.807, 2.05) is 0 Å². The van der Waals surface area contributed by atoms with E-state index in [0.29, 0.717) is 0 Å². The highest BCUT2D eigenvalue weighted by atomic mass is 79.9. The summed E-state index contributed by atoms with van der Waals surface area (Å²) < 4.78 is 2.33. The Hall–Kier alpha value is -4.11. The van der Waals surface area contributed by atoms with E-state index >= 15 is 0 Å². The fraction of sp³-hybridized carbons (Fsp3) is 0. The Morgan fingerprint density at radius 1 is 0.273 bits per heavy atom. The third-order valence-electron chi connectivity index (χ3n) is 9.63. The lowest BCUT2D eigenvalue weighted by Crippen LogP contribution is -2.75. The molecule has 0 aliphatic carbocycles. The molecule has 0 nitrogen and oxygen atoms in total. The van der Waals surface area contributed by atoms with Gasteiger partial charge < -0.3 is 0 Å². The molecule has 0 bridgehead atoms. The summed E-state index contributed by atoms with van der Waals surface area (Å²) in [6, 6.07) is 53.9. The summed E-state index contributed by atoms with van der Waals surface area (Å²) in [6.07, 6.45) is 0. The van der Waals surface area contributed by atoms with Gasteiger partial charge in [-0.1, -0.05) is 178 Å². The van der Waals surface area contributed by atoms with Crippen LogP contribution in [0, 0.1) is 0 Å². The van der Waals surface area contributed by atoms with E-state index in [-0.39, 0.29) is 13.4 Å². The van der Waals surface area contributed by atoms with Crippen LogP contribution in [0.1, 0.15) is 0 Å². The maximum absolute atomic E-state index is 3.99. The Morgan fingerprint density at radius 3 is 0.727 bits per heavy atom. The van der Waals surface area contributed by atoms with Gasteiger partial charge in [-0.3, -0.25) is 0 Å². The minimum atomic E-state index is 0.0922. The summed E-state index contributed by atoms with van der Waals surface area (Å²) >= 11 is 7.98. The maximum atomic E-state index is 3.99. The molecule has 8 aromatic rings. The predicted molar refractivity (Wildman–Crippen MR) is 201 cm³/mol. The summed E-state index contributed by atoms with van der Waals surface area (Å²) in [4.78, 5) is 0. The van der Waals surface area contributed by atoms with E-state index in [2.05, 4.69) is 177 Å². The van der Waals surface area contributed by atoms with Gasteiger partial charge in [0.05, 0.1) is 0 Å². The highest BCUT2D eigenvalue weighted by Crippen LogP contribution is 2.33. The fourth-order valence-electron chi connectivity index (χ4n) is 7.87. The molecule has 9 rings (SSSR count). The zero-order valence-corrected chi connectivity index (χ0v) is 26.9. The quantitative estimate of drug-likeness (QED) is 0.134. The van der Waals surface area contributed by atoms with E-state index in [4.69, 9.17) is 0 Å². The molecule has 0 aromatic heterocycles. The van der Waals surface area contributed by atoms with Crippen molar-refractivity contribution in [2.24, 2.45) is 0 Å². The van der Waals surface area contributed by atoms with Gasteiger partial charge in [0.25, 0.3) is 0 Å². The van der Waals surface area contributed by atoms with Crippen LogP contribution in [0.25, 0.3) is 43.1 Å². The molecular weight excluding hydrogens is 662 g/mol. The average molecular weight is 686 g/mol. The van der Waals surface area contributed by atoms with Crippen molar-refractivity contribution in [3.63, 3.8) is 0 Å². The summed E-state index contributed by atoms with van der Waals surface area (Å²) in [6.45, 7) is 0.184. The Morgan fingerprint density at radius 2 is 0.477 bits per heavy atom. The molecule has 0 unspecified atom stereocenters. The van der Waals surface area contributed by atoms with Gasteiger partial charge >= 0.3 is 0 Å². The van der Waals surface area contributed by atoms with Crippen molar-refractivity contribution >= 4 is 121 Å². The second kappa shape index (κ2) is 10.2. The van der Waals surface area contributed by atoms with Gasteiger partial charge in [-0.05, 0) is 74.9 Å². The molecule has 1 aliphatic heterocycles. The van der Waals surface area contributed by atoms with Crippen molar-refractivity contribution in [2.45, 2.75) is 0 Å². The molecule has 8 aromatic carbocycles. The van der Waals surface area contributed by atoms with E-state index in [0.717, 1.165) is 8.95 Å². The largest absolute Gasteiger partial charge is 0.241 e. The monoisotopic (exact) mass is 684 g/mol. The summed E-state index contributed by atoms with van der Waals surface area (Å²) in [5.41, 5.74) is 8.27. The van der Waals surface area contributed by atoms with Gasteiger partial charge in [0, 0.05) is 8.95 Å². The molecule has 0 atom stereocenters. The first-order valence-electron chi connectivity index (χ1n) is 15.1. The third-order valence-corrected chi connectivity index (χ3v) is 11.3. The van der Waals surface area contributed by atoms with Crippen LogP contribution in [-0.4, -0.2) is 13.4 Å². The van der Waals surface area contributed by atoms with Crippen molar-refractivity contribution in [2.75, 3.05) is 0 Å². The van der Waals surface area contributed by atoms with Gasteiger partial charge in [0.15, 0.2) is 0 Å². The first-order valence-corrected chi connectivity index (χ1v) is 16.7. The molecule has 0 saturated carbocycles. The molecule has 0 saturated heterocycles. The molecule has 4 heteroatoms. The molecule has 0 N–H and O–H groups in total. The van der Waals surface area contributed by atoms with Crippen molar-refractivity contribution < 1.29 is 0 Å². The zero-order chi connectivity index (χ0) is 29.4. The number of halogens is 2. The smallest absolute Gasteiger partial charge is 0.0733 e. The molecular formula is C40H24B2Br2. The Labute approximate surface area is 274 Å². The number of hydrogen-bond acceptors (Lipinski definition) is 0. The predicted octanol–water partition coefficient (Wildman–Crippen LogP) is 7.17. The SMILES string of the molecule is Brc1c2ccccc2c(B2c3ccccc3B(c3c4ccccc4c(Br)c4ccccc34)c3ccccc32)c2ccccc12. The van der Waals surface area contributed by atoms with Crippen molar-refractivity contribution in [1.82, 2.24) is 0 Å². The molecule has 0 spiro atoms. The van der Waals surface area contributed by atoms with Crippen molar-refractivity contribution in [3.05, 3.63) is 155 Å². The van der Waals surface area contributed by atoms with E-state index in [9.17, 15) is 0 Å². The van der Waals surface area contributed by atoms with Crippen molar-refractivity contribution in [3.8, 4) is 0 Å². The van der Waals surface area contributed by atoms with E-state index in [1.165, 1.54) is 75.9 Å². The number of hydrogen-bond donors (Lipinski definition) is 0. The summed E-state index contributed by atoms with van der Waals surface area (Å²) in [7, 11) is 0. The van der Waals surface area contributed by atoms with Gasteiger partial charge in [0.1, 0.15) is 0 Å². The topological polar surface area (TPSA) is 0 Å². The van der Waals surface area contributed by atoms with Gasteiger partial charge in [0.2, 0.25) is 13.4 Å². The minimum absolute atomic E-state index is 0.0922. The molecule has 1 heterocycles. The standard InChI is InChI=1S/C40H24B2Br2/c43-39-29-17-5-1-13-25(29)37(26-14-2-6-18-30(26)39)41-33-21-9-11-23-35(33)42(36-24-12-10-22-34(36)41)38-27-15-3-7-19-31(27)40(44)32-20-8-4-16-28(32)38/h1-24H. The lowest BCUT2D eigenvalue weighted by molar-refractivity contribution is 1.72. The highest BCUT2D eigenvalue weighted by molar-refractivity contribution is 9.11. The normalized spacial score (nSPS) is 12.7. The molecule has 44 heavy (non-hydrogen) atoms. The number of rotatable bonds is 2. The zero-order valence-electron chi connectivity index (χ0n) is 23.8. The van der Waals surface area contributed by atoms with Gasteiger partial charge in [-0.25, -0.2) is 0 Å². The van der Waals surface area contributed by atoms with Crippen LogP contribution in [0.2, 0.25) is 0 Å².